The van der Waals surface area contributed by atoms with Crippen molar-refractivity contribution in [2.45, 2.75) is 38.5 Å². The summed E-state index contributed by atoms with van der Waals surface area (Å²) < 4.78 is 7.51. The summed E-state index contributed by atoms with van der Waals surface area (Å²) in [4.78, 5) is 14.5. The summed E-state index contributed by atoms with van der Waals surface area (Å²) in [5, 5.41) is 0. The Hall–Kier alpha value is -1.33. The lowest BCUT2D eigenvalue weighted by atomic mass is 10.0. The molecule has 1 atom stereocenters. The molecule has 0 bridgehead atoms. The van der Waals surface area contributed by atoms with Gasteiger partial charge >= 0.3 is 0 Å². The summed E-state index contributed by atoms with van der Waals surface area (Å²) in [6, 6.07) is 1.85. The highest BCUT2D eigenvalue weighted by molar-refractivity contribution is 5.42. The summed E-state index contributed by atoms with van der Waals surface area (Å²) in [6.45, 7) is 3.32. The number of fused-ring (bicyclic) bond motifs is 1. The van der Waals surface area contributed by atoms with Gasteiger partial charge in [-0.05, 0) is 31.5 Å². The molecule has 5 nitrogen and oxygen atoms in total. The van der Waals surface area contributed by atoms with Gasteiger partial charge in [-0.1, -0.05) is 0 Å². The number of aromatic nitrogens is 1. The second-order valence-electron chi connectivity index (χ2n) is 5.61. The Morgan fingerprint density at radius 1 is 1.53 bits per heavy atom. The first-order valence-electron chi connectivity index (χ1n) is 6.96. The summed E-state index contributed by atoms with van der Waals surface area (Å²) in [6.07, 6.45) is 3.21. The fraction of sp³-hybridized carbons (Fsp3) is 0.643. The molecule has 1 fully saturated rings. The van der Waals surface area contributed by atoms with E-state index in [1.54, 1.807) is 0 Å². The number of pyridine rings is 1. The van der Waals surface area contributed by atoms with Crippen LogP contribution in [0.25, 0.3) is 0 Å². The van der Waals surface area contributed by atoms with E-state index in [1.807, 2.05) is 10.6 Å². The highest BCUT2D eigenvalue weighted by Crippen LogP contribution is 2.21. The monoisotopic (exact) mass is 263 g/mol. The molecule has 1 unspecified atom stereocenters. The van der Waals surface area contributed by atoms with Gasteiger partial charge in [0.05, 0.1) is 18.3 Å². The summed E-state index contributed by atoms with van der Waals surface area (Å²) in [5.74, 6) is 0. The number of nitrogen functional groups attached to an aromatic ring is 1. The fourth-order valence-corrected chi connectivity index (χ4v) is 3.07. The zero-order valence-corrected chi connectivity index (χ0v) is 11.4. The molecule has 104 valence electrons. The molecule has 0 amide bonds. The maximum Gasteiger partial charge on any atom is 0.273 e. The molecule has 3 rings (SSSR count). The first kappa shape index (κ1) is 12.7. The van der Waals surface area contributed by atoms with E-state index in [1.165, 1.54) is 5.56 Å². The molecule has 1 aromatic rings. The Balaban J connectivity index is 1.99. The number of nitrogens with zero attached hydrogens (tertiary/aromatic N) is 2. The minimum atomic E-state index is -0.0567. The van der Waals surface area contributed by atoms with Crippen LogP contribution in [0, 0.1) is 0 Å². The third-order valence-corrected chi connectivity index (χ3v) is 4.10. The van der Waals surface area contributed by atoms with Crippen LogP contribution in [-0.2, 0) is 24.2 Å². The van der Waals surface area contributed by atoms with Gasteiger partial charge in [0.1, 0.15) is 0 Å². The molecular formula is C14H21N3O2. The third-order valence-electron chi connectivity index (χ3n) is 4.10. The average molecular weight is 263 g/mol. The van der Waals surface area contributed by atoms with Gasteiger partial charge in [0.25, 0.3) is 5.56 Å². The fourth-order valence-electron chi connectivity index (χ4n) is 3.07. The smallest absolute Gasteiger partial charge is 0.273 e. The number of ether oxygens (including phenoxy) is 1. The molecule has 1 saturated heterocycles. The first-order valence-corrected chi connectivity index (χ1v) is 6.96. The van der Waals surface area contributed by atoms with Gasteiger partial charge < -0.3 is 19.9 Å². The van der Waals surface area contributed by atoms with E-state index < -0.39 is 0 Å². The molecule has 2 aliphatic heterocycles. The molecule has 2 aliphatic rings. The minimum Gasteiger partial charge on any atom is -0.394 e. The van der Waals surface area contributed by atoms with Gasteiger partial charge in [-0.2, -0.15) is 0 Å². The van der Waals surface area contributed by atoms with Crippen LogP contribution in [0.1, 0.15) is 24.1 Å². The highest BCUT2D eigenvalue weighted by atomic mass is 16.5. The Morgan fingerprint density at radius 2 is 2.37 bits per heavy atom. The molecule has 0 spiro atoms. The summed E-state index contributed by atoms with van der Waals surface area (Å²) >= 11 is 0. The predicted molar refractivity (Wildman–Crippen MR) is 74.1 cm³/mol. The lowest BCUT2D eigenvalue weighted by molar-refractivity contribution is 0.0949. The molecule has 19 heavy (non-hydrogen) atoms. The number of anilines is 1. The largest absolute Gasteiger partial charge is 0.394 e. The van der Waals surface area contributed by atoms with Crippen LogP contribution in [0.5, 0.6) is 0 Å². The zero-order chi connectivity index (χ0) is 13.4. The van der Waals surface area contributed by atoms with Crippen molar-refractivity contribution in [2.24, 2.45) is 0 Å². The second-order valence-corrected chi connectivity index (χ2v) is 5.61. The number of likely N-dealkylation sites (N-methyl/N-ethyl adjacent to an activating group) is 1. The van der Waals surface area contributed by atoms with Gasteiger partial charge in [-0.3, -0.25) is 4.79 Å². The van der Waals surface area contributed by atoms with Crippen molar-refractivity contribution < 1.29 is 4.74 Å². The van der Waals surface area contributed by atoms with Crippen molar-refractivity contribution in [3.8, 4) is 0 Å². The highest BCUT2D eigenvalue weighted by Gasteiger charge is 2.23. The quantitative estimate of drug-likeness (QED) is 0.848. The van der Waals surface area contributed by atoms with Crippen molar-refractivity contribution >= 4 is 5.69 Å². The van der Waals surface area contributed by atoms with E-state index in [0.29, 0.717) is 12.2 Å². The van der Waals surface area contributed by atoms with Gasteiger partial charge in [0.2, 0.25) is 0 Å². The number of hydrogen-bond acceptors (Lipinski definition) is 4. The number of nitrogens with two attached hydrogens (primary N) is 1. The molecule has 3 heterocycles. The molecule has 0 saturated carbocycles. The van der Waals surface area contributed by atoms with E-state index in [-0.39, 0.29) is 11.7 Å². The Bertz CT molecular complexity index is 532. The van der Waals surface area contributed by atoms with Crippen LogP contribution in [0.4, 0.5) is 5.69 Å². The Labute approximate surface area is 113 Å². The maximum absolute atomic E-state index is 12.3. The standard InChI is InChI=1S/C14H21N3O2/c1-16-5-4-13-10(8-16)7-12(15)14(18)17(13)9-11-3-2-6-19-11/h7,11H,2-6,8-9,15H2,1H3. The summed E-state index contributed by atoms with van der Waals surface area (Å²) in [5.41, 5.74) is 8.50. The zero-order valence-electron chi connectivity index (χ0n) is 11.4. The average Bonchev–Trinajstić information content (AvgIpc) is 2.87. The molecule has 0 radical (unpaired) electrons. The van der Waals surface area contributed by atoms with Crippen molar-refractivity contribution in [1.82, 2.24) is 9.47 Å². The van der Waals surface area contributed by atoms with Crippen LogP contribution in [0.3, 0.4) is 0 Å². The van der Waals surface area contributed by atoms with Crippen LogP contribution >= 0.6 is 0 Å². The molecular weight excluding hydrogens is 242 g/mol. The topological polar surface area (TPSA) is 60.5 Å². The SMILES string of the molecule is CN1CCc2c(cc(N)c(=O)n2CC2CCCO2)C1. The molecule has 0 aromatic carbocycles. The van der Waals surface area contributed by atoms with Gasteiger partial charge in [0.15, 0.2) is 0 Å². The van der Waals surface area contributed by atoms with Crippen LogP contribution in [0.2, 0.25) is 0 Å². The normalized spacial score (nSPS) is 23.5. The summed E-state index contributed by atoms with van der Waals surface area (Å²) in [7, 11) is 2.09. The predicted octanol–water partition coefficient (Wildman–Crippen LogP) is 0.597. The second kappa shape index (κ2) is 4.98. The number of rotatable bonds is 2. The third kappa shape index (κ3) is 2.40. The minimum absolute atomic E-state index is 0.0567. The molecule has 2 N–H and O–H groups in total. The van der Waals surface area contributed by atoms with E-state index in [0.717, 1.165) is 44.7 Å². The first-order chi connectivity index (χ1) is 9.15. The molecule has 1 aromatic heterocycles. The van der Waals surface area contributed by atoms with Crippen molar-refractivity contribution in [3.63, 3.8) is 0 Å². The van der Waals surface area contributed by atoms with Crippen LogP contribution in [0.15, 0.2) is 10.9 Å². The van der Waals surface area contributed by atoms with Gasteiger partial charge in [-0.25, -0.2) is 0 Å². The molecule has 0 aliphatic carbocycles. The van der Waals surface area contributed by atoms with Crippen molar-refractivity contribution in [2.75, 3.05) is 25.9 Å². The van der Waals surface area contributed by atoms with Gasteiger partial charge in [-0.15, -0.1) is 0 Å². The van der Waals surface area contributed by atoms with E-state index in [4.69, 9.17) is 10.5 Å². The van der Waals surface area contributed by atoms with Crippen LogP contribution < -0.4 is 11.3 Å². The van der Waals surface area contributed by atoms with Gasteiger partial charge in [0, 0.05) is 31.8 Å². The lowest BCUT2D eigenvalue weighted by Crippen LogP contribution is -2.36. The number of hydrogen-bond donors (Lipinski definition) is 1. The Kier molecular flexibility index (Phi) is 3.33. The van der Waals surface area contributed by atoms with Crippen molar-refractivity contribution in [1.29, 1.82) is 0 Å². The van der Waals surface area contributed by atoms with Crippen LogP contribution in [-0.4, -0.2) is 35.8 Å². The van der Waals surface area contributed by atoms with Crippen molar-refractivity contribution in [3.05, 3.63) is 27.7 Å². The van der Waals surface area contributed by atoms with E-state index in [9.17, 15) is 4.79 Å². The molecule has 5 heteroatoms. The Morgan fingerprint density at radius 3 is 3.11 bits per heavy atom. The van der Waals surface area contributed by atoms with E-state index in [2.05, 4.69) is 11.9 Å². The lowest BCUT2D eigenvalue weighted by Gasteiger charge is -2.28. The van der Waals surface area contributed by atoms with E-state index >= 15 is 0 Å². The maximum atomic E-state index is 12.3.